The van der Waals surface area contributed by atoms with E-state index in [2.05, 4.69) is 25.8 Å². The molecule has 3 rings (SSSR count). The van der Waals surface area contributed by atoms with Crippen molar-refractivity contribution in [1.29, 1.82) is 0 Å². The largest absolute Gasteiger partial charge is 0.378 e. The molecule has 0 bridgehead atoms. The van der Waals surface area contributed by atoms with Gasteiger partial charge in [0.15, 0.2) is 17.4 Å². The molecule has 2 aromatic rings. The Bertz CT molecular complexity index is 668. The summed E-state index contributed by atoms with van der Waals surface area (Å²) in [5, 5.41) is 14.9. The highest BCUT2D eigenvalue weighted by Gasteiger charge is 2.14. The number of halogens is 1. The highest BCUT2D eigenvalue weighted by Crippen LogP contribution is 2.20. The Kier molecular flexibility index (Phi) is 8.39. The van der Waals surface area contributed by atoms with Gasteiger partial charge in [-0.2, -0.15) is 0 Å². The molecular weight excluding hydrogens is 431 g/mol. The fraction of sp³-hybridized carbons (Fsp3) is 0.588. The fourth-order valence-corrected chi connectivity index (χ4v) is 2.98. The number of aromatic nitrogens is 3. The normalized spacial score (nSPS) is 15.3. The molecule has 0 aliphatic heterocycles. The molecule has 2 N–H and O–H groups in total. The summed E-state index contributed by atoms with van der Waals surface area (Å²) in [5.74, 6) is 1.63. The third-order valence-electron chi connectivity index (χ3n) is 4.29. The first-order chi connectivity index (χ1) is 11.9. The number of aliphatic imine (C=N–C) groups is 1. The molecule has 7 nitrogen and oxygen atoms in total. The van der Waals surface area contributed by atoms with Crippen molar-refractivity contribution in [2.24, 2.45) is 4.99 Å². The van der Waals surface area contributed by atoms with Gasteiger partial charge in [0.1, 0.15) is 0 Å². The van der Waals surface area contributed by atoms with Crippen LogP contribution in [-0.2, 0) is 11.3 Å². The SMILES string of the molecule is CN=C(NCCCOC1CCCC1)NCc1nnc2ccccn12.I. The Hall–Kier alpha value is -1.42. The van der Waals surface area contributed by atoms with Gasteiger partial charge in [-0.1, -0.05) is 18.9 Å². The Morgan fingerprint density at radius 2 is 2.12 bits per heavy atom. The molecule has 2 heterocycles. The van der Waals surface area contributed by atoms with Crippen molar-refractivity contribution in [2.45, 2.75) is 44.8 Å². The minimum atomic E-state index is 0. The predicted octanol–water partition coefficient (Wildman–Crippen LogP) is 2.36. The van der Waals surface area contributed by atoms with Crippen molar-refractivity contribution < 1.29 is 4.74 Å². The topological polar surface area (TPSA) is 75.8 Å². The number of guanidine groups is 1. The lowest BCUT2D eigenvalue weighted by atomic mass is 10.3. The smallest absolute Gasteiger partial charge is 0.191 e. The van der Waals surface area contributed by atoms with Gasteiger partial charge in [-0.3, -0.25) is 9.39 Å². The minimum absolute atomic E-state index is 0. The number of pyridine rings is 1. The maximum absolute atomic E-state index is 5.86. The van der Waals surface area contributed by atoms with E-state index in [9.17, 15) is 0 Å². The van der Waals surface area contributed by atoms with Crippen LogP contribution in [0.5, 0.6) is 0 Å². The highest BCUT2D eigenvalue weighted by atomic mass is 127. The third-order valence-corrected chi connectivity index (χ3v) is 4.29. The van der Waals surface area contributed by atoms with Crippen LogP contribution in [0, 0.1) is 0 Å². The molecule has 0 atom stereocenters. The zero-order chi connectivity index (χ0) is 16.6. The van der Waals surface area contributed by atoms with Crippen molar-refractivity contribution in [3.8, 4) is 0 Å². The molecule has 0 spiro atoms. The summed E-state index contributed by atoms with van der Waals surface area (Å²) in [5.41, 5.74) is 0.848. The number of nitrogens with one attached hydrogen (secondary N) is 2. The Labute approximate surface area is 165 Å². The third kappa shape index (κ3) is 5.81. The summed E-state index contributed by atoms with van der Waals surface area (Å²) in [4.78, 5) is 4.24. The molecule has 0 radical (unpaired) electrons. The van der Waals surface area contributed by atoms with E-state index in [1.165, 1.54) is 25.7 Å². The summed E-state index contributed by atoms with van der Waals surface area (Å²) in [7, 11) is 1.77. The van der Waals surface area contributed by atoms with Crippen LogP contribution in [0.15, 0.2) is 29.4 Å². The van der Waals surface area contributed by atoms with Crippen LogP contribution in [0.1, 0.15) is 37.9 Å². The molecular formula is C17H27IN6O. The molecule has 0 amide bonds. The molecule has 0 saturated heterocycles. The second-order valence-corrected chi connectivity index (χ2v) is 6.03. The average molecular weight is 458 g/mol. The summed E-state index contributed by atoms with van der Waals surface area (Å²) in [6.45, 7) is 2.22. The van der Waals surface area contributed by atoms with E-state index in [1.807, 2.05) is 28.8 Å². The molecule has 8 heteroatoms. The number of fused-ring (bicyclic) bond motifs is 1. The summed E-state index contributed by atoms with van der Waals surface area (Å²) >= 11 is 0. The van der Waals surface area contributed by atoms with Gasteiger partial charge >= 0.3 is 0 Å². The second-order valence-electron chi connectivity index (χ2n) is 6.03. The first kappa shape index (κ1) is 19.9. The molecule has 138 valence electrons. The van der Waals surface area contributed by atoms with Gasteiger partial charge in [0.2, 0.25) is 0 Å². The zero-order valence-corrected chi connectivity index (χ0v) is 17.0. The number of hydrogen-bond donors (Lipinski definition) is 2. The van der Waals surface area contributed by atoms with E-state index in [-0.39, 0.29) is 24.0 Å². The highest BCUT2D eigenvalue weighted by molar-refractivity contribution is 14.0. The minimum Gasteiger partial charge on any atom is -0.378 e. The molecule has 25 heavy (non-hydrogen) atoms. The van der Waals surface area contributed by atoms with E-state index < -0.39 is 0 Å². The van der Waals surface area contributed by atoms with Gasteiger partial charge in [-0.15, -0.1) is 34.2 Å². The molecule has 0 unspecified atom stereocenters. The van der Waals surface area contributed by atoms with Gasteiger partial charge < -0.3 is 15.4 Å². The maximum Gasteiger partial charge on any atom is 0.191 e. The van der Waals surface area contributed by atoms with E-state index in [1.54, 1.807) is 7.05 Å². The molecule has 1 saturated carbocycles. The Morgan fingerprint density at radius 3 is 2.92 bits per heavy atom. The summed E-state index contributed by atoms with van der Waals surface area (Å²) < 4.78 is 7.83. The Balaban J connectivity index is 0.00000225. The second kappa shape index (κ2) is 10.5. The van der Waals surface area contributed by atoms with E-state index in [4.69, 9.17) is 4.74 Å². The van der Waals surface area contributed by atoms with Crippen molar-refractivity contribution in [1.82, 2.24) is 25.2 Å². The van der Waals surface area contributed by atoms with E-state index >= 15 is 0 Å². The maximum atomic E-state index is 5.86. The van der Waals surface area contributed by atoms with Gasteiger partial charge in [0.25, 0.3) is 0 Å². The van der Waals surface area contributed by atoms with Crippen LogP contribution in [-0.4, -0.2) is 46.9 Å². The lowest BCUT2D eigenvalue weighted by molar-refractivity contribution is 0.0574. The van der Waals surface area contributed by atoms with Crippen LogP contribution in [0.25, 0.3) is 5.65 Å². The van der Waals surface area contributed by atoms with E-state index in [0.717, 1.165) is 37.0 Å². The van der Waals surface area contributed by atoms with Crippen LogP contribution in [0.2, 0.25) is 0 Å². The fourth-order valence-electron chi connectivity index (χ4n) is 2.98. The first-order valence-corrected chi connectivity index (χ1v) is 8.71. The number of hydrogen-bond acceptors (Lipinski definition) is 4. The number of nitrogens with zero attached hydrogens (tertiary/aromatic N) is 4. The van der Waals surface area contributed by atoms with Gasteiger partial charge in [0, 0.05) is 26.4 Å². The monoisotopic (exact) mass is 458 g/mol. The van der Waals surface area contributed by atoms with Crippen molar-refractivity contribution in [3.05, 3.63) is 30.2 Å². The lowest BCUT2D eigenvalue weighted by Crippen LogP contribution is -2.38. The Morgan fingerprint density at radius 1 is 1.28 bits per heavy atom. The summed E-state index contributed by atoms with van der Waals surface area (Å²) in [6, 6.07) is 5.86. The standard InChI is InChI=1S/C17H26N6O.HI/c1-18-17(19-10-6-12-24-14-7-2-3-8-14)20-13-16-22-21-15-9-4-5-11-23(15)16;/h4-5,9,11,14H,2-3,6-8,10,12-13H2,1H3,(H2,18,19,20);1H. The summed E-state index contributed by atoms with van der Waals surface area (Å²) in [6.07, 6.45) is 8.51. The van der Waals surface area contributed by atoms with Crippen molar-refractivity contribution in [3.63, 3.8) is 0 Å². The van der Waals surface area contributed by atoms with Gasteiger partial charge in [-0.25, -0.2) is 0 Å². The first-order valence-electron chi connectivity index (χ1n) is 8.71. The predicted molar refractivity (Wildman–Crippen MR) is 109 cm³/mol. The van der Waals surface area contributed by atoms with Gasteiger partial charge in [-0.05, 0) is 31.4 Å². The quantitative estimate of drug-likeness (QED) is 0.289. The molecule has 0 aromatic carbocycles. The van der Waals surface area contributed by atoms with Crippen molar-refractivity contribution in [2.75, 3.05) is 20.2 Å². The van der Waals surface area contributed by atoms with Gasteiger partial charge in [0.05, 0.1) is 12.6 Å². The number of ether oxygens (including phenoxy) is 1. The molecule has 1 fully saturated rings. The molecule has 2 aromatic heterocycles. The van der Waals surface area contributed by atoms with Crippen LogP contribution in [0.4, 0.5) is 0 Å². The average Bonchev–Trinajstić information content (AvgIpc) is 3.27. The lowest BCUT2D eigenvalue weighted by Gasteiger charge is -2.13. The number of rotatable bonds is 7. The van der Waals surface area contributed by atoms with Crippen molar-refractivity contribution >= 4 is 35.6 Å². The van der Waals surface area contributed by atoms with E-state index in [0.29, 0.717) is 12.6 Å². The van der Waals surface area contributed by atoms with Crippen LogP contribution >= 0.6 is 24.0 Å². The zero-order valence-electron chi connectivity index (χ0n) is 14.6. The molecule has 1 aliphatic carbocycles. The van der Waals surface area contributed by atoms with Crippen LogP contribution < -0.4 is 10.6 Å². The van der Waals surface area contributed by atoms with Crippen LogP contribution in [0.3, 0.4) is 0 Å². The molecule has 1 aliphatic rings.